The molecule has 84 valence electrons. The largest absolute Gasteiger partial charge is 0.270 e. The van der Waals surface area contributed by atoms with Crippen LogP contribution in [0.5, 0.6) is 0 Å². The lowest BCUT2D eigenvalue weighted by Gasteiger charge is -2.30. The van der Waals surface area contributed by atoms with Gasteiger partial charge in [-0.05, 0) is 24.2 Å². The lowest BCUT2D eigenvalue weighted by molar-refractivity contribution is 0.121. The van der Waals surface area contributed by atoms with Crippen molar-refractivity contribution in [3.05, 3.63) is 0 Å². The fourth-order valence-corrected chi connectivity index (χ4v) is 2.92. The molecule has 0 radical (unpaired) electrons. The minimum atomic E-state index is -3.28. The van der Waals surface area contributed by atoms with Gasteiger partial charge in [0, 0.05) is 0 Å². The van der Waals surface area contributed by atoms with Crippen LogP contribution in [0.3, 0.4) is 0 Å². The molecule has 0 heterocycles. The molecule has 0 aromatic carbocycles. The van der Waals surface area contributed by atoms with E-state index in [1.165, 1.54) is 12.8 Å². The van der Waals surface area contributed by atoms with Crippen molar-refractivity contribution in [2.75, 3.05) is 12.9 Å². The van der Waals surface area contributed by atoms with Gasteiger partial charge in [-0.2, -0.15) is 8.42 Å². The highest BCUT2D eigenvalue weighted by molar-refractivity contribution is 7.85. The van der Waals surface area contributed by atoms with Crippen LogP contribution in [-0.4, -0.2) is 21.3 Å². The van der Waals surface area contributed by atoms with Crippen molar-refractivity contribution < 1.29 is 12.6 Å². The average Bonchev–Trinajstić information content (AvgIpc) is 2.43. The molecule has 1 rings (SSSR count). The summed E-state index contributed by atoms with van der Waals surface area (Å²) in [7, 11) is -3.28. The molecule has 1 fully saturated rings. The molecule has 0 aromatic heterocycles. The lowest BCUT2D eigenvalue weighted by Crippen LogP contribution is -2.28. The topological polar surface area (TPSA) is 43.4 Å². The van der Waals surface area contributed by atoms with Crippen LogP contribution in [0.25, 0.3) is 0 Å². The van der Waals surface area contributed by atoms with Crippen molar-refractivity contribution in [1.82, 2.24) is 0 Å². The maximum atomic E-state index is 10.9. The fraction of sp³-hybridized carbons (Fsp3) is 1.00. The maximum absolute atomic E-state index is 10.9. The number of hydrogen-bond acceptors (Lipinski definition) is 3. The van der Waals surface area contributed by atoms with Crippen LogP contribution in [0, 0.1) is 11.3 Å². The molecule has 2 atom stereocenters. The first-order chi connectivity index (χ1) is 6.37. The van der Waals surface area contributed by atoms with E-state index in [2.05, 4.69) is 13.8 Å². The fourth-order valence-electron chi connectivity index (χ4n) is 2.43. The second-order valence-electron chi connectivity index (χ2n) is 4.62. The molecule has 4 heteroatoms. The van der Waals surface area contributed by atoms with Gasteiger partial charge in [-0.25, -0.2) is 0 Å². The highest BCUT2D eigenvalue weighted by atomic mass is 32.2. The minimum absolute atomic E-state index is 0.0673. The summed E-state index contributed by atoms with van der Waals surface area (Å²) in [6.45, 7) is 4.65. The molecule has 1 saturated carbocycles. The van der Waals surface area contributed by atoms with Crippen molar-refractivity contribution in [2.45, 2.75) is 39.5 Å². The molecular weight excluding hydrogens is 200 g/mol. The van der Waals surface area contributed by atoms with Crippen LogP contribution in [0.4, 0.5) is 0 Å². The van der Waals surface area contributed by atoms with Crippen molar-refractivity contribution >= 4 is 10.1 Å². The summed E-state index contributed by atoms with van der Waals surface area (Å²) in [6, 6.07) is 0. The van der Waals surface area contributed by atoms with Crippen LogP contribution in [0.15, 0.2) is 0 Å². The Morgan fingerprint density at radius 2 is 2.14 bits per heavy atom. The van der Waals surface area contributed by atoms with E-state index in [-0.39, 0.29) is 5.41 Å². The van der Waals surface area contributed by atoms with E-state index in [1.807, 2.05) is 0 Å². The highest BCUT2D eigenvalue weighted by Crippen LogP contribution is 2.45. The SMILES string of the molecule is CC[C@@H]1CCC[C@@]1(C)COS(C)(=O)=O. The van der Waals surface area contributed by atoms with Crippen molar-refractivity contribution in [1.29, 1.82) is 0 Å². The van der Waals surface area contributed by atoms with Gasteiger partial charge in [-0.3, -0.25) is 4.18 Å². The van der Waals surface area contributed by atoms with Gasteiger partial charge in [0.25, 0.3) is 10.1 Å². The van der Waals surface area contributed by atoms with Crippen molar-refractivity contribution in [3.8, 4) is 0 Å². The van der Waals surface area contributed by atoms with Crippen LogP contribution >= 0.6 is 0 Å². The molecule has 0 N–H and O–H groups in total. The summed E-state index contributed by atoms with van der Waals surface area (Å²) in [5.74, 6) is 0.615. The van der Waals surface area contributed by atoms with E-state index in [4.69, 9.17) is 4.18 Å². The van der Waals surface area contributed by atoms with Gasteiger partial charge < -0.3 is 0 Å². The van der Waals surface area contributed by atoms with Gasteiger partial charge in [-0.1, -0.05) is 26.7 Å². The molecule has 0 bridgehead atoms. The summed E-state index contributed by atoms with van der Waals surface area (Å²) in [5, 5.41) is 0. The van der Waals surface area contributed by atoms with E-state index in [0.29, 0.717) is 12.5 Å². The van der Waals surface area contributed by atoms with E-state index < -0.39 is 10.1 Å². The average molecular weight is 220 g/mol. The molecule has 0 amide bonds. The van der Waals surface area contributed by atoms with Gasteiger partial charge in [0.1, 0.15) is 0 Å². The van der Waals surface area contributed by atoms with E-state index in [9.17, 15) is 8.42 Å². The Labute approximate surface area is 87.0 Å². The van der Waals surface area contributed by atoms with E-state index >= 15 is 0 Å². The molecule has 0 spiro atoms. The Morgan fingerprint density at radius 1 is 1.50 bits per heavy atom. The molecular formula is C10H20O3S. The summed E-state index contributed by atoms with van der Waals surface area (Å²) in [6.07, 6.45) is 5.72. The highest BCUT2D eigenvalue weighted by Gasteiger charge is 2.38. The van der Waals surface area contributed by atoms with Gasteiger partial charge in [0.15, 0.2) is 0 Å². The molecule has 0 aromatic rings. The zero-order chi connectivity index (χ0) is 10.8. The number of hydrogen-bond donors (Lipinski definition) is 0. The van der Waals surface area contributed by atoms with Gasteiger partial charge >= 0.3 is 0 Å². The maximum Gasteiger partial charge on any atom is 0.264 e. The molecule has 0 aliphatic heterocycles. The van der Waals surface area contributed by atoms with Gasteiger partial charge in [-0.15, -0.1) is 0 Å². The van der Waals surface area contributed by atoms with E-state index in [1.54, 1.807) is 0 Å². The molecule has 14 heavy (non-hydrogen) atoms. The Balaban J connectivity index is 2.57. The normalized spacial score (nSPS) is 33.5. The Morgan fingerprint density at radius 3 is 2.64 bits per heavy atom. The Bertz CT molecular complexity index is 284. The summed E-state index contributed by atoms with van der Waals surface area (Å²) in [4.78, 5) is 0. The van der Waals surface area contributed by atoms with Crippen LogP contribution in [-0.2, 0) is 14.3 Å². The first-order valence-electron chi connectivity index (χ1n) is 5.22. The predicted octanol–water partition coefficient (Wildman–Crippen LogP) is 2.18. The predicted molar refractivity (Wildman–Crippen MR) is 56.5 cm³/mol. The second-order valence-corrected chi connectivity index (χ2v) is 6.26. The summed E-state index contributed by atoms with van der Waals surface area (Å²) < 4.78 is 26.7. The second kappa shape index (κ2) is 4.19. The van der Waals surface area contributed by atoms with Crippen LogP contribution < -0.4 is 0 Å². The van der Waals surface area contributed by atoms with Crippen molar-refractivity contribution in [2.24, 2.45) is 11.3 Å². The minimum Gasteiger partial charge on any atom is -0.270 e. The van der Waals surface area contributed by atoms with Gasteiger partial charge in [0.2, 0.25) is 0 Å². The molecule has 1 aliphatic rings. The van der Waals surface area contributed by atoms with Gasteiger partial charge in [0.05, 0.1) is 12.9 Å². The standard InChI is InChI=1S/C10H20O3S/c1-4-9-6-5-7-10(9,2)8-13-14(3,11)12/h9H,4-8H2,1-3H3/t9-,10+/m1/s1. The number of rotatable bonds is 4. The van der Waals surface area contributed by atoms with E-state index in [0.717, 1.165) is 19.1 Å². The summed E-state index contributed by atoms with van der Waals surface area (Å²) >= 11 is 0. The third-order valence-corrected chi connectivity index (χ3v) is 3.93. The zero-order valence-electron chi connectivity index (χ0n) is 9.25. The third kappa shape index (κ3) is 2.95. The van der Waals surface area contributed by atoms with Crippen LogP contribution in [0.1, 0.15) is 39.5 Å². The quantitative estimate of drug-likeness (QED) is 0.682. The zero-order valence-corrected chi connectivity index (χ0v) is 10.1. The molecule has 0 saturated heterocycles. The monoisotopic (exact) mass is 220 g/mol. The first kappa shape index (κ1) is 12.0. The first-order valence-corrected chi connectivity index (χ1v) is 7.03. The third-order valence-electron chi connectivity index (χ3n) is 3.38. The Hall–Kier alpha value is -0.0900. The van der Waals surface area contributed by atoms with Crippen LogP contribution in [0.2, 0.25) is 0 Å². The summed E-state index contributed by atoms with van der Waals surface area (Å²) in [5.41, 5.74) is 0.0673. The molecule has 0 unspecified atom stereocenters. The lowest BCUT2D eigenvalue weighted by atomic mass is 9.79. The molecule has 3 nitrogen and oxygen atoms in total. The Kier molecular flexibility index (Phi) is 3.58. The molecule has 1 aliphatic carbocycles. The van der Waals surface area contributed by atoms with Crippen molar-refractivity contribution in [3.63, 3.8) is 0 Å². The smallest absolute Gasteiger partial charge is 0.264 e.